The number of halogens is 1. The second-order valence-corrected chi connectivity index (χ2v) is 4.98. The molecule has 2 rings (SSSR count). The molecule has 0 aromatic heterocycles. The Hall–Kier alpha value is -2.69. The van der Waals surface area contributed by atoms with Crippen LogP contribution in [0.4, 0.5) is 10.1 Å². The first-order chi connectivity index (χ1) is 10.5. The number of nitrogens with one attached hydrogen (secondary N) is 2. The lowest BCUT2D eigenvalue weighted by Gasteiger charge is -2.10. The van der Waals surface area contributed by atoms with Crippen molar-refractivity contribution in [1.82, 2.24) is 5.32 Å². The van der Waals surface area contributed by atoms with Gasteiger partial charge in [-0.15, -0.1) is 0 Å². The van der Waals surface area contributed by atoms with Crippen LogP contribution in [0.5, 0.6) is 0 Å². The zero-order valence-electron chi connectivity index (χ0n) is 12.4. The van der Waals surface area contributed by atoms with E-state index in [2.05, 4.69) is 10.6 Å². The van der Waals surface area contributed by atoms with Gasteiger partial charge in [0.2, 0.25) is 5.91 Å². The van der Waals surface area contributed by atoms with Gasteiger partial charge in [-0.25, -0.2) is 4.39 Å². The average molecular weight is 300 g/mol. The summed E-state index contributed by atoms with van der Waals surface area (Å²) in [5, 5.41) is 5.34. The van der Waals surface area contributed by atoms with E-state index in [1.54, 1.807) is 36.4 Å². The van der Waals surface area contributed by atoms with Gasteiger partial charge in [-0.05, 0) is 30.7 Å². The third-order valence-electron chi connectivity index (χ3n) is 3.21. The molecule has 0 bridgehead atoms. The van der Waals surface area contributed by atoms with E-state index in [9.17, 15) is 14.0 Å². The molecule has 0 atom stereocenters. The number of carbonyl (C=O) groups is 2. The maximum Gasteiger partial charge on any atom is 0.251 e. The van der Waals surface area contributed by atoms with E-state index in [0.29, 0.717) is 16.8 Å². The Labute approximate surface area is 128 Å². The smallest absolute Gasteiger partial charge is 0.251 e. The summed E-state index contributed by atoms with van der Waals surface area (Å²) in [6.45, 7) is 3.35. The highest BCUT2D eigenvalue weighted by Gasteiger charge is 2.10. The molecule has 0 aliphatic rings. The van der Waals surface area contributed by atoms with Gasteiger partial charge in [0, 0.05) is 30.3 Å². The molecule has 114 valence electrons. The van der Waals surface area contributed by atoms with E-state index in [-0.39, 0.29) is 24.2 Å². The van der Waals surface area contributed by atoms with E-state index >= 15 is 0 Å². The molecular weight excluding hydrogens is 283 g/mol. The van der Waals surface area contributed by atoms with Crippen molar-refractivity contribution in [3.05, 3.63) is 65.0 Å². The minimum absolute atomic E-state index is 0.106. The lowest BCUT2D eigenvalue weighted by atomic mass is 10.1. The quantitative estimate of drug-likeness (QED) is 0.912. The van der Waals surface area contributed by atoms with Crippen molar-refractivity contribution in [2.24, 2.45) is 0 Å². The standard InChI is InChI=1S/C17H17FN2O2/c1-11-7-8-13(9-16(11)20-12(2)21)17(22)19-10-14-5-3-4-6-15(14)18/h3-9H,10H2,1-2H3,(H,19,22)(H,20,21). The van der Waals surface area contributed by atoms with Gasteiger partial charge in [-0.3, -0.25) is 9.59 Å². The molecule has 2 N–H and O–H groups in total. The van der Waals surface area contributed by atoms with Gasteiger partial charge in [0.05, 0.1) is 0 Å². The van der Waals surface area contributed by atoms with Crippen LogP contribution in [-0.4, -0.2) is 11.8 Å². The van der Waals surface area contributed by atoms with E-state index in [1.165, 1.54) is 13.0 Å². The monoisotopic (exact) mass is 300 g/mol. The van der Waals surface area contributed by atoms with Gasteiger partial charge < -0.3 is 10.6 Å². The van der Waals surface area contributed by atoms with Crippen LogP contribution in [0.1, 0.15) is 28.4 Å². The van der Waals surface area contributed by atoms with E-state index < -0.39 is 0 Å². The summed E-state index contributed by atoms with van der Waals surface area (Å²) in [5.41, 5.74) is 2.28. The molecule has 0 saturated heterocycles. The zero-order chi connectivity index (χ0) is 16.1. The van der Waals surface area contributed by atoms with Crippen molar-refractivity contribution >= 4 is 17.5 Å². The summed E-state index contributed by atoms with van der Waals surface area (Å²) in [6, 6.07) is 11.3. The number of benzene rings is 2. The second-order valence-electron chi connectivity index (χ2n) is 4.98. The fraction of sp³-hybridized carbons (Fsp3) is 0.176. The number of hydrogen-bond acceptors (Lipinski definition) is 2. The molecule has 0 radical (unpaired) electrons. The summed E-state index contributed by atoms with van der Waals surface area (Å²) in [6.07, 6.45) is 0. The molecule has 0 saturated carbocycles. The maximum absolute atomic E-state index is 13.5. The minimum Gasteiger partial charge on any atom is -0.348 e. The summed E-state index contributed by atoms with van der Waals surface area (Å²) >= 11 is 0. The molecule has 0 aliphatic carbocycles. The zero-order valence-corrected chi connectivity index (χ0v) is 12.4. The molecular formula is C17H17FN2O2. The first-order valence-corrected chi connectivity index (χ1v) is 6.87. The first kappa shape index (κ1) is 15.7. The average Bonchev–Trinajstić information content (AvgIpc) is 2.48. The largest absolute Gasteiger partial charge is 0.348 e. The van der Waals surface area contributed by atoms with Crippen LogP contribution in [0.3, 0.4) is 0 Å². The fourth-order valence-corrected chi connectivity index (χ4v) is 2.01. The first-order valence-electron chi connectivity index (χ1n) is 6.87. The third kappa shape index (κ3) is 3.91. The number of rotatable bonds is 4. The molecule has 0 aliphatic heterocycles. The molecule has 0 heterocycles. The van der Waals surface area contributed by atoms with Crippen LogP contribution in [0.15, 0.2) is 42.5 Å². The van der Waals surface area contributed by atoms with Crippen molar-refractivity contribution in [3.63, 3.8) is 0 Å². The van der Waals surface area contributed by atoms with Gasteiger partial charge >= 0.3 is 0 Å². The maximum atomic E-state index is 13.5. The van der Waals surface area contributed by atoms with Crippen LogP contribution >= 0.6 is 0 Å². The molecule has 2 aromatic carbocycles. The summed E-state index contributed by atoms with van der Waals surface area (Å²) in [7, 11) is 0. The van der Waals surface area contributed by atoms with Gasteiger partial charge in [-0.1, -0.05) is 24.3 Å². The highest BCUT2D eigenvalue weighted by Crippen LogP contribution is 2.17. The highest BCUT2D eigenvalue weighted by molar-refractivity contribution is 5.97. The Morgan fingerprint density at radius 2 is 1.86 bits per heavy atom. The number of carbonyl (C=O) groups excluding carboxylic acids is 2. The highest BCUT2D eigenvalue weighted by atomic mass is 19.1. The Kier molecular flexibility index (Phi) is 4.88. The topological polar surface area (TPSA) is 58.2 Å². The van der Waals surface area contributed by atoms with Crippen LogP contribution in [-0.2, 0) is 11.3 Å². The third-order valence-corrected chi connectivity index (χ3v) is 3.21. The Bertz CT molecular complexity index is 714. The molecule has 2 amide bonds. The van der Waals surface area contributed by atoms with Crippen molar-refractivity contribution in [1.29, 1.82) is 0 Å². The lowest BCUT2D eigenvalue weighted by Crippen LogP contribution is -2.23. The van der Waals surface area contributed by atoms with Gasteiger partial charge in [0.15, 0.2) is 0 Å². The second kappa shape index (κ2) is 6.85. The Morgan fingerprint density at radius 3 is 2.55 bits per heavy atom. The van der Waals surface area contributed by atoms with Crippen molar-refractivity contribution in [2.75, 3.05) is 5.32 Å². The molecule has 4 nitrogen and oxygen atoms in total. The predicted octanol–water partition coefficient (Wildman–Crippen LogP) is 3.02. The van der Waals surface area contributed by atoms with Crippen molar-refractivity contribution in [3.8, 4) is 0 Å². The summed E-state index contributed by atoms with van der Waals surface area (Å²) in [5.74, 6) is -0.882. The molecule has 0 fully saturated rings. The van der Waals surface area contributed by atoms with Crippen molar-refractivity contribution in [2.45, 2.75) is 20.4 Å². The fourth-order valence-electron chi connectivity index (χ4n) is 2.01. The van der Waals surface area contributed by atoms with Crippen LogP contribution in [0.2, 0.25) is 0 Å². The van der Waals surface area contributed by atoms with Crippen LogP contribution in [0, 0.1) is 12.7 Å². The SMILES string of the molecule is CC(=O)Nc1cc(C(=O)NCc2ccccc2F)ccc1C. The Morgan fingerprint density at radius 1 is 1.14 bits per heavy atom. The molecule has 2 aromatic rings. The molecule has 5 heteroatoms. The molecule has 0 unspecified atom stereocenters. The van der Waals surface area contributed by atoms with Crippen LogP contribution in [0.25, 0.3) is 0 Å². The predicted molar refractivity (Wildman–Crippen MR) is 83.1 cm³/mol. The number of hydrogen-bond donors (Lipinski definition) is 2. The van der Waals surface area contributed by atoms with Crippen LogP contribution < -0.4 is 10.6 Å². The normalized spacial score (nSPS) is 10.1. The summed E-state index contributed by atoms with van der Waals surface area (Å²) < 4.78 is 13.5. The lowest BCUT2D eigenvalue weighted by molar-refractivity contribution is -0.114. The van der Waals surface area contributed by atoms with E-state index in [0.717, 1.165) is 5.56 Å². The molecule has 22 heavy (non-hydrogen) atoms. The minimum atomic E-state index is -0.356. The van der Waals surface area contributed by atoms with Gasteiger partial charge in [0.25, 0.3) is 5.91 Å². The van der Waals surface area contributed by atoms with Crippen molar-refractivity contribution < 1.29 is 14.0 Å². The van der Waals surface area contributed by atoms with E-state index in [4.69, 9.17) is 0 Å². The number of aryl methyl sites for hydroxylation is 1. The Balaban J connectivity index is 2.09. The van der Waals surface area contributed by atoms with Gasteiger partial charge in [0.1, 0.15) is 5.82 Å². The number of amides is 2. The van der Waals surface area contributed by atoms with E-state index in [1.807, 2.05) is 6.92 Å². The summed E-state index contributed by atoms with van der Waals surface area (Å²) in [4.78, 5) is 23.3. The number of anilines is 1. The van der Waals surface area contributed by atoms with Gasteiger partial charge in [-0.2, -0.15) is 0 Å². The molecule has 0 spiro atoms.